The van der Waals surface area contributed by atoms with Gasteiger partial charge in [-0.1, -0.05) is 54.6 Å². The normalized spacial score (nSPS) is 20.5. The van der Waals surface area contributed by atoms with E-state index in [1.165, 1.54) is 78.4 Å². The zero-order valence-corrected chi connectivity index (χ0v) is 61.9. The Hall–Kier alpha value is -2.43. The molecule has 28 heteroatoms. The van der Waals surface area contributed by atoms with Crippen LogP contribution in [-0.2, 0) is 67.8 Å². The van der Waals surface area contributed by atoms with Gasteiger partial charge in [0.2, 0.25) is 0 Å². The van der Waals surface area contributed by atoms with E-state index < -0.39 is 67.9 Å². The molecular formula is C62H89I3LiN5O16S3. The van der Waals surface area contributed by atoms with Gasteiger partial charge in [0, 0.05) is 114 Å². The molecule has 21 nitrogen and oxygen atoms in total. The van der Waals surface area contributed by atoms with Crippen LogP contribution in [0.5, 0.6) is 0 Å². The summed E-state index contributed by atoms with van der Waals surface area (Å²) in [6, 6.07) is 25.3. The minimum Gasteiger partial charge on any atom is -0.870 e. The number of carbonyl (C=O) groups excluding carboxylic acids is 2. The number of nitrogens with zero attached hydrogens (tertiary/aromatic N) is 3. The fourth-order valence-electron chi connectivity index (χ4n) is 10.1. The van der Waals surface area contributed by atoms with Gasteiger partial charge < -0.3 is 24.8 Å². The van der Waals surface area contributed by atoms with Crippen molar-refractivity contribution in [2.75, 3.05) is 98.0 Å². The molecule has 5 N–H and O–H groups in total. The molecule has 8 rings (SSSR count). The smallest absolute Gasteiger partial charge is 0.870 e. The number of carbonyl (C=O) groups is 3. The van der Waals surface area contributed by atoms with Crippen molar-refractivity contribution in [2.45, 2.75) is 125 Å². The van der Waals surface area contributed by atoms with Crippen molar-refractivity contribution >= 4 is 132 Å². The van der Waals surface area contributed by atoms with E-state index in [2.05, 4.69) is 184 Å². The fraction of sp³-hybridized carbons (Fsp3) is 0.565. The molecule has 5 unspecified atom stereocenters. The van der Waals surface area contributed by atoms with Gasteiger partial charge in [-0.3, -0.25) is 33.9 Å². The van der Waals surface area contributed by atoms with Gasteiger partial charge in [0.05, 0.1) is 7.11 Å². The number of rotatable bonds is 21. The molecule has 0 saturated carbocycles. The van der Waals surface area contributed by atoms with Gasteiger partial charge in [0.1, 0.15) is 0 Å². The summed E-state index contributed by atoms with van der Waals surface area (Å²) in [6.07, 6.45) is 18.1. The maximum atomic E-state index is 12.8. The summed E-state index contributed by atoms with van der Waals surface area (Å²) in [4.78, 5) is 52.4. The number of sulfone groups is 3. The van der Waals surface area contributed by atoms with E-state index in [0.717, 1.165) is 103 Å². The van der Waals surface area contributed by atoms with E-state index in [4.69, 9.17) is 24.9 Å². The SMILES string of the molecule is CC(CCN1CC=C(c2ccc(I)cc2)CC1)(C(=O)NOC1CCCCO1)S(C)(=O)=O.CC(CCN1CC=C(c2ccc(I)cc2)CC1)(C(=O)O)S(C)(=O)=O.COC(=O)C(C)(CCN1CC=C(c2ccc(I)cc2)CC1)S(C)(=O)=O.NOC1CCCCO1.[Li+].[OH-]. The molecule has 5 aliphatic rings. The van der Waals surface area contributed by atoms with Crippen molar-refractivity contribution < 1.29 is 93.0 Å². The van der Waals surface area contributed by atoms with Crippen LogP contribution in [0.4, 0.5) is 0 Å². The summed E-state index contributed by atoms with van der Waals surface area (Å²) in [7, 11) is -9.64. The molecule has 2 saturated heterocycles. The number of halogens is 3. The number of nitrogens with one attached hydrogen (secondary N) is 1. The molecule has 3 aromatic carbocycles. The van der Waals surface area contributed by atoms with Crippen LogP contribution in [0.25, 0.3) is 16.7 Å². The Balaban J connectivity index is 0.000000330. The second kappa shape index (κ2) is 38.3. The molecule has 5 atom stereocenters. The number of carboxylic acids is 1. The number of hydrogen-bond acceptors (Lipinski definition) is 19. The second-order valence-corrected chi connectivity index (χ2v) is 34.3. The van der Waals surface area contributed by atoms with Crippen LogP contribution in [0.15, 0.2) is 91.0 Å². The maximum Gasteiger partial charge on any atom is 1.00 e. The van der Waals surface area contributed by atoms with Crippen molar-refractivity contribution in [1.82, 2.24) is 20.2 Å². The summed E-state index contributed by atoms with van der Waals surface area (Å²) in [6.45, 7) is 11.7. The Bertz CT molecular complexity index is 3230. The minimum absolute atomic E-state index is 0. The van der Waals surface area contributed by atoms with Crippen LogP contribution in [0.1, 0.15) is 115 Å². The predicted octanol–water partition coefficient (Wildman–Crippen LogP) is 5.78. The third kappa shape index (κ3) is 24.6. The first kappa shape index (κ1) is 81.8. The van der Waals surface area contributed by atoms with Gasteiger partial charge in [-0.15, -0.1) is 0 Å². The standard InChI is InChI=1S/C22H31IN2O5S.C18H24INO4S.C17H22INO4S.C5H11NO2.Li.H2O/c1-22(31(2,27)28,21(26)24-30-20-5-3-4-16-29-20)12-15-25-13-10-18(11-14-25)17-6-8-19(23)9-7-17;1-18(17(21)24-2,25(3,22)23)10-13-20-11-8-15(9-12-20)14-4-6-16(19)7-5-14;1-17(16(20)21,24(2,22)23)9-12-19-10-7-14(8-11-19)13-3-5-15(18)6-4-13;6-8-5-3-1-2-4-7-5;;/h6-10,20H,3-5,11-16H2,1-2H3,(H,24,26);4-8H,9-13H2,1-3H3;3-7H,8-12H2,1-2H3,(H,20,21);5H,1-4,6H2;;1H2/q;;;;+1;/p-1. The van der Waals surface area contributed by atoms with E-state index >= 15 is 0 Å². The van der Waals surface area contributed by atoms with Crippen LogP contribution in [0, 0.1) is 10.7 Å². The Morgan fingerprint density at radius 3 is 1.18 bits per heavy atom. The molecule has 0 aliphatic carbocycles. The fourth-order valence-corrected chi connectivity index (χ4v) is 13.6. The molecule has 0 aromatic heterocycles. The quantitative estimate of drug-likeness (QED) is 0.0492. The summed E-state index contributed by atoms with van der Waals surface area (Å²) in [5, 5.41) is 9.30. The third-order valence-corrected chi connectivity index (χ3v) is 25.2. The molecule has 0 bridgehead atoms. The monoisotopic (exact) mass is 1640 g/mol. The first-order valence-electron chi connectivity index (χ1n) is 29.4. The molecule has 0 radical (unpaired) electrons. The number of hydrogen-bond donors (Lipinski definition) is 3. The predicted molar refractivity (Wildman–Crippen MR) is 371 cm³/mol. The van der Waals surface area contributed by atoms with Crippen LogP contribution >= 0.6 is 67.8 Å². The zero-order chi connectivity index (χ0) is 64.9. The first-order valence-corrected chi connectivity index (χ1v) is 38.3. The number of methoxy groups -OCH3 is 1. The third-order valence-electron chi connectivity index (χ3n) is 17.0. The first-order chi connectivity index (χ1) is 41.4. The van der Waals surface area contributed by atoms with Crippen molar-refractivity contribution in [1.29, 1.82) is 0 Å². The average Bonchev–Trinajstić information content (AvgIpc) is 0.896. The van der Waals surface area contributed by atoms with Crippen LogP contribution in [0.3, 0.4) is 0 Å². The summed E-state index contributed by atoms with van der Waals surface area (Å²) < 4.78 is 86.8. The van der Waals surface area contributed by atoms with Gasteiger partial charge in [-0.25, -0.2) is 41.5 Å². The molecular weight excluding hydrogens is 1550 g/mol. The number of carboxylic acid groups (broad SMARTS) is 1. The van der Waals surface area contributed by atoms with Crippen molar-refractivity contribution in [2.24, 2.45) is 5.90 Å². The number of benzene rings is 3. The van der Waals surface area contributed by atoms with E-state index in [9.17, 15) is 44.7 Å². The van der Waals surface area contributed by atoms with Crippen molar-refractivity contribution in [3.63, 3.8) is 0 Å². The number of hydroxylamine groups is 1. The Labute approximate surface area is 586 Å². The molecule has 0 spiro atoms. The molecule has 3 aromatic rings. The second-order valence-electron chi connectivity index (χ2n) is 23.2. The minimum atomic E-state index is -3.66. The molecule has 5 aliphatic heterocycles. The van der Waals surface area contributed by atoms with E-state index in [1.54, 1.807) is 0 Å². The molecule has 498 valence electrons. The van der Waals surface area contributed by atoms with Gasteiger partial charge >= 0.3 is 30.8 Å². The van der Waals surface area contributed by atoms with E-state index in [1.807, 2.05) is 0 Å². The summed E-state index contributed by atoms with van der Waals surface area (Å²) >= 11 is 6.86. The van der Waals surface area contributed by atoms with Crippen molar-refractivity contribution in [3.05, 3.63) is 118 Å². The zero-order valence-electron chi connectivity index (χ0n) is 53.0. The average molecular weight is 1640 g/mol. The van der Waals surface area contributed by atoms with Crippen LogP contribution in [0.2, 0.25) is 0 Å². The molecule has 5 heterocycles. The van der Waals surface area contributed by atoms with Gasteiger partial charge in [0.25, 0.3) is 5.91 Å². The van der Waals surface area contributed by atoms with Crippen LogP contribution < -0.4 is 30.2 Å². The number of ether oxygens (including phenoxy) is 3. The Kier molecular flexibility index (Phi) is 34.9. The van der Waals surface area contributed by atoms with Crippen molar-refractivity contribution in [3.8, 4) is 0 Å². The van der Waals surface area contributed by atoms with Crippen LogP contribution in [-0.4, -0.2) is 193 Å². The summed E-state index contributed by atoms with van der Waals surface area (Å²) in [5.74, 6) is 2.26. The van der Waals surface area contributed by atoms with E-state index in [-0.39, 0.29) is 49.9 Å². The number of esters is 1. The summed E-state index contributed by atoms with van der Waals surface area (Å²) in [5.41, 5.74) is 9.91. The largest absolute Gasteiger partial charge is 1.00 e. The maximum absolute atomic E-state index is 12.8. The molecule has 1 amide bonds. The molecule has 90 heavy (non-hydrogen) atoms. The Morgan fingerprint density at radius 2 is 0.911 bits per heavy atom. The van der Waals surface area contributed by atoms with Gasteiger partial charge in [0.15, 0.2) is 56.3 Å². The number of nitrogens with two attached hydrogens (primary N) is 1. The number of aliphatic carboxylic acids is 1. The number of amides is 1. The van der Waals surface area contributed by atoms with E-state index in [0.29, 0.717) is 39.2 Å². The topological polar surface area (TPSA) is 298 Å². The Morgan fingerprint density at radius 1 is 0.578 bits per heavy atom. The molecule has 2 fully saturated rings. The van der Waals surface area contributed by atoms with Gasteiger partial charge in [-0.2, -0.15) is 0 Å². The van der Waals surface area contributed by atoms with Gasteiger partial charge in [-0.05, 0) is 223 Å².